The first-order chi connectivity index (χ1) is 11.4. The molecular formula is C17H30IN5O2. The quantitative estimate of drug-likeness (QED) is 0.250. The number of rotatable bonds is 7. The number of carbonyl (C=O) groups excluding carboxylic acids is 1. The number of amides is 1. The Labute approximate surface area is 167 Å². The van der Waals surface area contributed by atoms with Gasteiger partial charge in [-0.1, -0.05) is 6.07 Å². The number of pyridine rings is 1. The van der Waals surface area contributed by atoms with Gasteiger partial charge in [0.25, 0.3) is 0 Å². The van der Waals surface area contributed by atoms with Gasteiger partial charge in [-0.15, -0.1) is 24.0 Å². The first-order valence-corrected chi connectivity index (χ1v) is 8.21. The number of aliphatic imine (C=N–C) groups is 1. The fraction of sp³-hybridized carbons (Fsp3) is 0.588. The first kappa shape index (κ1) is 23.4. The van der Waals surface area contributed by atoms with Crippen molar-refractivity contribution in [2.75, 3.05) is 26.7 Å². The van der Waals surface area contributed by atoms with E-state index in [1.807, 2.05) is 39.1 Å². The SMILES string of the molecule is CN=C(NCCCNC(=O)OC(C)(C)C)NCCc1cccnc1.I. The second-order valence-electron chi connectivity index (χ2n) is 6.32. The molecule has 0 aliphatic heterocycles. The van der Waals surface area contributed by atoms with Gasteiger partial charge in [-0.2, -0.15) is 0 Å². The predicted octanol–water partition coefficient (Wildman–Crippen LogP) is 2.32. The molecule has 3 N–H and O–H groups in total. The summed E-state index contributed by atoms with van der Waals surface area (Å²) in [6, 6.07) is 3.98. The van der Waals surface area contributed by atoms with Crippen LogP contribution >= 0.6 is 24.0 Å². The number of carbonyl (C=O) groups is 1. The van der Waals surface area contributed by atoms with Crippen LogP contribution in [0.5, 0.6) is 0 Å². The molecule has 25 heavy (non-hydrogen) atoms. The number of hydrogen-bond donors (Lipinski definition) is 3. The van der Waals surface area contributed by atoms with Gasteiger partial charge in [0.15, 0.2) is 5.96 Å². The number of hydrogen-bond acceptors (Lipinski definition) is 4. The van der Waals surface area contributed by atoms with Crippen molar-refractivity contribution < 1.29 is 9.53 Å². The van der Waals surface area contributed by atoms with E-state index in [1.54, 1.807) is 13.2 Å². The number of nitrogens with one attached hydrogen (secondary N) is 3. The smallest absolute Gasteiger partial charge is 0.407 e. The summed E-state index contributed by atoms with van der Waals surface area (Å²) in [6.45, 7) is 7.57. The minimum Gasteiger partial charge on any atom is -0.444 e. The molecule has 1 amide bonds. The molecule has 0 radical (unpaired) electrons. The van der Waals surface area contributed by atoms with E-state index in [0.717, 1.165) is 25.3 Å². The maximum Gasteiger partial charge on any atom is 0.407 e. The lowest BCUT2D eigenvalue weighted by Gasteiger charge is -2.19. The lowest BCUT2D eigenvalue weighted by molar-refractivity contribution is 0.0527. The van der Waals surface area contributed by atoms with Gasteiger partial charge in [0.05, 0.1) is 0 Å². The van der Waals surface area contributed by atoms with Crippen molar-refractivity contribution in [3.05, 3.63) is 30.1 Å². The third kappa shape index (κ3) is 12.4. The number of aromatic nitrogens is 1. The van der Waals surface area contributed by atoms with Crippen LogP contribution in [0.1, 0.15) is 32.8 Å². The molecule has 0 saturated carbocycles. The van der Waals surface area contributed by atoms with E-state index in [4.69, 9.17) is 4.74 Å². The Kier molecular flexibility index (Phi) is 11.9. The standard InChI is InChI=1S/C17H29N5O2.HI/c1-17(2,3)24-16(23)22-11-6-10-20-15(18-4)21-12-8-14-7-5-9-19-13-14;/h5,7,9,13H,6,8,10-12H2,1-4H3,(H,22,23)(H2,18,20,21);1H. The second-order valence-corrected chi connectivity index (χ2v) is 6.32. The molecule has 0 fully saturated rings. The molecule has 0 spiro atoms. The van der Waals surface area contributed by atoms with Crippen LogP contribution in [0.25, 0.3) is 0 Å². The molecule has 142 valence electrons. The van der Waals surface area contributed by atoms with E-state index in [0.29, 0.717) is 13.1 Å². The average Bonchev–Trinajstić information content (AvgIpc) is 2.52. The number of guanidine groups is 1. The van der Waals surface area contributed by atoms with E-state index in [1.165, 1.54) is 5.56 Å². The summed E-state index contributed by atoms with van der Waals surface area (Å²) in [7, 11) is 1.73. The molecule has 1 rings (SSSR count). The number of nitrogens with zero attached hydrogens (tertiary/aromatic N) is 2. The molecule has 0 atom stereocenters. The van der Waals surface area contributed by atoms with Gasteiger partial charge >= 0.3 is 6.09 Å². The summed E-state index contributed by atoms with van der Waals surface area (Å²) < 4.78 is 5.17. The molecule has 0 aromatic carbocycles. The normalized spacial score (nSPS) is 11.3. The van der Waals surface area contributed by atoms with Crippen LogP contribution in [0.15, 0.2) is 29.5 Å². The summed E-state index contributed by atoms with van der Waals surface area (Å²) in [5, 5.41) is 9.18. The maximum absolute atomic E-state index is 11.5. The van der Waals surface area contributed by atoms with Gasteiger partial charge in [0.1, 0.15) is 5.60 Å². The van der Waals surface area contributed by atoms with E-state index in [-0.39, 0.29) is 30.1 Å². The zero-order valence-corrected chi connectivity index (χ0v) is 17.8. The highest BCUT2D eigenvalue weighted by Gasteiger charge is 2.15. The minimum atomic E-state index is -0.470. The van der Waals surface area contributed by atoms with Crippen molar-refractivity contribution in [2.24, 2.45) is 4.99 Å². The first-order valence-electron chi connectivity index (χ1n) is 8.21. The van der Waals surface area contributed by atoms with Gasteiger partial charge in [0.2, 0.25) is 0 Å². The molecule has 0 unspecified atom stereocenters. The molecule has 1 heterocycles. The molecular weight excluding hydrogens is 433 g/mol. The van der Waals surface area contributed by atoms with Crippen molar-refractivity contribution >= 4 is 36.0 Å². The van der Waals surface area contributed by atoms with Gasteiger partial charge < -0.3 is 20.7 Å². The van der Waals surface area contributed by atoms with Crippen LogP contribution in [0, 0.1) is 0 Å². The molecule has 7 nitrogen and oxygen atoms in total. The largest absolute Gasteiger partial charge is 0.444 e. The molecule has 0 bridgehead atoms. The minimum absolute atomic E-state index is 0. The lowest BCUT2D eigenvalue weighted by atomic mass is 10.2. The van der Waals surface area contributed by atoms with Crippen molar-refractivity contribution in [3.63, 3.8) is 0 Å². The Bertz CT molecular complexity index is 518. The Morgan fingerprint density at radius 2 is 1.88 bits per heavy atom. The second kappa shape index (κ2) is 12.7. The molecule has 0 saturated heterocycles. The van der Waals surface area contributed by atoms with E-state index in [9.17, 15) is 4.79 Å². The zero-order valence-electron chi connectivity index (χ0n) is 15.5. The summed E-state index contributed by atoms with van der Waals surface area (Å²) in [5.41, 5.74) is 0.713. The number of halogens is 1. The fourth-order valence-corrected chi connectivity index (χ4v) is 1.89. The number of alkyl carbamates (subject to hydrolysis) is 1. The monoisotopic (exact) mass is 463 g/mol. The Morgan fingerprint density at radius 1 is 1.20 bits per heavy atom. The van der Waals surface area contributed by atoms with Crippen molar-refractivity contribution in [1.82, 2.24) is 20.9 Å². The molecule has 1 aromatic heterocycles. The van der Waals surface area contributed by atoms with Crippen molar-refractivity contribution in [3.8, 4) is 0 Å². The maximum atomic E-state index is 11.5. The van der Waals surface area contributed by atoms with Gasteiger partial charge in [-0.3, -0.25) is 9.98 Å². The van der Waals surface area contributed by atoms with Crippen LogP contribution in [-0.2, 0) is 11.2 Å². The highest BCUT2D eigenvalue weighted by molar-refractivity contribution is 14.0. The Balaban J connectivity index is 0.00000576. The molecule has 1 aromatic rings. The highest BCUT2D eigenvalue weighted by Crippen LogP contribution is 2.06. The Morgan fingerprint density at radius 3 is 2.48 bits per heavy atom. The third-order valence-electron chi connectivity index (χ3n) is 2.97. The van der Waals surface area contributed by atoms with E-state index < -0.39 is 5.60 Å². The van der Waals surface area contributed by atoms with Crippen molar-refractivity contribution in [2.45, 2.75) is 39.2 Å². The highest BCUT2D eigenvalue weighted by atomic mass is 127. The fourth-order valence-electron chi connectivity index (χ4n) is 1.89. The topological polar surface area (TPSA) is 87.6 Å². The average molecular weight is 463 g/mol. The van der Waals surface area contributed by atoms with Crippen LogP contribution in [0.3, 0.4) is 0 Å². The number of ether oxygens (including phenoxy) is 1. The molecule has 8 heteroatoms. The van der Waals surface area contributed by atoms with Crippen LogP contribution in [0.4, 0.5) is 4.79 Å². The third-order valence-corrected chi connectivity index (χ3v) is 2.97. The lowest BCUT2D eigenvalue weighted by Crippen LogP contribution is -2.40. The molecule has 0 aliphatic carbocycles. The van der Waals surface area contributed by atoms with Gasteiger partial charge in [0, 0.05) is 39.1 Å². The van der Waals surface area contributed by atoms with Crippen LogP contribution in [0.2, 0.25) is 0 Å². The van der Waals surface area contributed by atoms with Gasteiger partial charge in [-0.05, 0) is 45.2 Å². The van der Waals surface area contributed by atoms with E-state index >= 15 is 0 Å². The summed E-state index contributed by atoms with van der Waals surface area (Å²) in [6.07, 6.45) is 4.90. The summed E-state index contributed by atoms with van der Waals surface area (Å²) in [4.78, 5) is 19.8. The van der Waals surface area contributed by atoms with E-state index in [2.05, 4.69) is 25.9 Å². The van der Waals surface area contributed by atoms with Crippen molar-refractivity contribution in [1.29, 1.82) is 0 Å². The predicted molar refractivity (Wildman–Crippen MR) is 112 cm³/mol. The van der Waals surface area contributed by atoms with Gasteiger partial charge in [-0.25, -0.2) is 4.79 Å². The molecule has 0 aliphatic rings. The summed E-state index contributed by atoms with van der Waals surface area (Å²) >= 11 is 0. The Hall–Kier alpha value is -1.58. The van der Waals surface area contributed by atoms with Crippen LogP contribution < -0.4 is 16.0 Å². The summed E-state index contributed by atoms with van der Waals surface area (Å²) in [5.74, 6) is 0.746. The van der Waals surface area contributed by atoms with Crippen LogP contribution in [-0.4, -0.2) is 49.3 Å². The zero-order chi connectivity index (χ0) is 17.8.